The Morgan fingerprint density at radius 2 is 1.68 bits per heavy atom. The molecule has 0 heterocycles. The standard InChI is InChI=1S/C17H18Cl2O6/c1-8(2)23-17(22)25-9(3)24-16(21)12-7-11(12)15(20)10-4-5-13(18)14(19)6-10/h4-6,8-9,11-12H,7H2,1-3H3/t9?,11-,12-/m0/s1. The fraction of sp³-hybridized carbons (Fsp3) is 0.471. The summed E-state index contributed by atoms with van der Waals surface area (Å²) in [5, 5.41) is 0.627. The van der Waals surface area contributed by atoms with Gasteiger partial charge in [0, 0.05) is 18.4 Å². The van der Waals surface area contributed by atoms with Crippen LogP contribution in [0.15, 0.2) is 18.2 Å². The van der Waals surface area contributed by atoms with Crippen molar-refractivity contribution in [2.45, 2.75) is 39.6 Å². The molecule has 1 aliphatic rings. The van der Waals surface area contributed by atoms with Gasteiger partial charge in [0.05, 0.1) is 22.1 Å². The molecule has 0 aliphatic heterocycles. The molecule has 8 heteroatoms. The quantitative estimate of drug-likeness (QED) is 0.411. The van der Waals surface area contributed by atoms with Gasteiger partial charge in [0.2, 0.25) is 6.29 Å². The van der Waals surface area contributed by atoms with Crippen LogP contribution < -0.4 is 0 Å². The molecule has 6 nitrogen and oxygen atoms in total. The van der Waals surface area contributed by atoms with Gasteiger partial charge in [0.15, 0.2) is 5.78 Å². The van der Waals surface area contributed by atoms with Crippen molar-refractivity contribution in [1.82, 2.24) is 0 Å². The third-order valence-electron chi connectivity index (χ3n) is 3.51. The number of rotatable bonds is 6. The lowest BCUT2D eigenvalue weighted by molar-refractivity contribution is -0.170. The Hall–Kier alpha value is -1.79. The summed E-state index contributed by atoms with van der Waals surface area (Å²) in [6.45, 7) is 4.74. The first-order chi connectivity index (χ1) is 11.7. The number of hydrogen-bond acceptors (Lipinski definition) is 6. The Morgan fingerprint density at radius 3 is 2.28 bits per heavy atom. The number of carbonyl (C=O) groups excluding carboxylic acids is 3. The molecule has 0 N–H and O–H groups in total. The zero-order valence-electron chi connectivity index (χ0n) is 14.0. The van der Waals surface area contributed by atoms with E-state index in [0.29, 0.717) is 17.0 Å². The second kappa shape index (κ2) is 8.06. The molecule has 1 fully saturated rings. The van der Waals surface area contributed by atoms with Crippen molar-refractivity contribution >= 4 is 41.1 Å². The van der Waals surface area contributed by atoms with Crippen molar-refractivity contribution in [3.8, 4) is 0 Å². The van der Waals surface area contributed by atoms with E-state index in [4.69, 9.17) is 37.4 Å². The van der Waals surface area contributed by atoms with Crippen LogP contribution in [0.2, 0.25) is 10.0 Å². The molecule has 0 saturated heterocycles. The van der Waals surface area contributed by atoms with E-state index in [1.165, 1.54) is 19.1 Å². The molecule has 0 aromatic heterocycles. The van der Waals surface area contributed by atoms with Crippen molar-refractivity contribution in [2.75, 3.05) is 0 Å². The minimum absolute atomic E-state index is 0.201. The molecule has 0 spiro atoms. The zero-order chi connectivity index (χ0) is 18.7. The van der Waals surface area contributed by atoms with Gasteiger partial charge in [0.1, 0.15) is 0 Å². The topological polar surface area (TPSA) is 78.9 Å². The third-order valence-corrected chi connectivity index (χ3v) is 4.25. The molecule has 1 unspecified atom stereocenters. The number of hydrogen-bond donors (Lipinski definition) is 0. The van der Waals surface area contributed by atoms with E-state index in [1.54, 1.807) is 19.9 Å². The molecular weight excluding hydrogens is 371 g/mol. The molecule has 136 valence electrons. The van der Waals surface area contributed by atoms with Crippen LogP contribution in [0.1, 0.15) is 37.6 Å². The van der Waals surface area contributed by atoms with Crippen molar-refractivity contribution in [2.24, 2.45) is 11.8 Å². The lowest BCUT2D eigenvalue weighted by atomic mass is 10.1. The number of benzene rings is 1. The van der Waals surface area contributed by atoms with Crippen LogP contribution >= 0.6 is 23.2 Å². The molecule has 1 aromatic rings. The van der Waals surface area contributed by atoms with E-state index < -0.39 is 30.3 Å². The van der Waals surface area contributed by atoms with Crippen LogP contribution in [-0.4, -0.2) is 30.3 Å². The minimum atomic E-state index is -1.10. The average Bonchev–Trinajstić information content (AvgIpc) is 3.28. The smallest absolute Gasteiger partial charge is 0.431 e. The predicted molar refractivity (Wildman–Crippen MR) is 90.6 cm³/mol. The fourth-order valence-corrected chi connectivity index (χ4v) is 2.54. The second-order valence-corrected chi connectivity index (χ2v) is 6.80. The highest BCUT2D eigenvalue weighted by atomic mass is 35.5. The lowest BCUT2D eigenvalue weighted by Gasteiger charge is -2.15. The van der Waals surface area contributed by atoms with Gasteiger partial charge in [-0.25, -0.2) is 4.79 Å². The highest BCUT2D eigenvalue weighted by Gasteiger charge is 2.49. The van der Waals surface area contributed by atoms with Gasteiger partial charge in [-0.15, -0.1) is 0 Å². The Morgan fingerprint density at radius 1 is 1.00 bits per heavy atom. The van der Waals surface area contributed by atoms with Gasteiger partial charge in [-0.3, -0.25) is 9.59 Å². The number of carbonyl (C=O) groups is 3. The monoisotopic (exact) mass is 388 g/mol. The number of halogens is 2. The average molecular weight is 389 g/mol. The van der Waals surface area contributed by atoms with Gasteiger partial charge in [-0.05, 0) is 38.5 Å². The Kier molecular flexibility index (Phi) is 6.30. The second-order valence-electron chi connectivity index (χ2n) is 5.98. The summed E-state index contributed by atoms with van der Waals surface area (Å²) < 4.78 is 14.6. The van der Waals surface area contributed by atoms with Crippen LogP contribution in [0, 0.1) is 11.8 Å². The predicted octanol–water partition coefficient (Wildman–Crippen LogP) is 4.26. The van der Waals surface area contributed by atoms with Crippen LogP contribution in [0.4, 0.5) is 4.79 Å². The lowest BCUT2D eigenvalue weighted by Crippen LogP contribution is -2.25. The molecule has 2 rings (SSSR count). The van der Waals surface area contributed by atoms with Crippen molar-refractivity contribution in [3.05, 3.63) is 33.8 Å². The molecule has 0 bridgehead atoms. The molecule has 1 aromatic carbocycles. The van der Waals surface area contributed by atoms with Crippen molar-refractivity contribution < 1.29 is 28.6 Å². The number of ketones is 1. The first-order valence-electron chi connectivity index (χ1n) is 7.76. The van der Waals surface area contributed by atoms with Gasteiger partial charge >= 0.3 is 12.1 Å². The normalized spacial score (nSPS) is 19.9. The van der Waals surface area contributed by atoms with E-state index in [2.05, 4.69) is 0 Å². The highest BCUT2D eigenvalue weighted by Crippen LogP contribution is 2.42. The van der Waals surface area contributed by atoms with Crippen molar-refractivity contribution in [1.29, 1.82) is 0 Å². The van der Waals surface area contributed by atoms with Crippen LogP contribution in [0.3, 0.4) is 0 Å². The number of Topliss-reactive ketones (excluding diaryl/α,β-unsaturated/α-hetero) is 1. The maximum Gasteiger partial charge on any atom is 0.511 e. The molecule has 1 aliphatic carbocycles. The fourth-order valence-electron chi connectivity index (χ4n) is 2.24. The summed E-state index contributed by atoms with van der Waals surface area (Å²) in [5.41, 5.74) is 0.388. The summed E-state index contributed by atoms with van der Waals surface area (Å²) in [4.78, 5) is 35.7. The Labute approximate surface area is 155 Å². The van der Waals surface area contributed by atoms with Gasteiger partial charge in [-0.1, -0.05) is 23.2 Å². The first-order valence-corrected chi connectivity index (χ1v) is 8.51. The molecule has 0 radical (unpaired) electrons. The minimum Gasteiger partial charge on any atom is -0.431 e. The van der Waals surface area contributed by atoms with E-state index in [9.17, 15) is 14.4 Å². The number of esters is 1. The zero-order valence-corrected chi connectivity index (χ0v) is 15.5. The highest BCUT2D eigenvalue weighted by molar-refractivity contribution is 6.42. The van der Waals surface area contributed by atoms with Gasteiger partial charge < -0.3 is 14.2 Å². The van der Waals surface area contributed by atoms with Crippen LogP contribution in [0.25, 0.3) is 0 Å². The summed E-state index contributed by atoms with van der Waals surface area (Å²) in [7, 11) is 0. The Balaban J connectivity index is 1.85. The molecule has 25 heavy (non-hydrogen) atoms. The maximum atomic E-state index is 12.4. The summed E-state index contributed by atoms with van der Waals surface area (Å²) >= 11 is 11.7. The molecule has 1 saturated carbocycles. The van der Waals surface area contributed by atoms with Gasteiger partial charge in [-0.2, -0.15) is 0 Å². The third kappa shape index (κ3) is 5.34. The Bertz CT molecular complexity index is 688. The van der Waals surface area contributed by atoms with Crippen molar-refractivity contribution in [3.63, 3.8) is 0 Å². The van der Waals surface area contributed by atoms with Gasteiger partial charge in [0.25, 0.3) is 0 Å². The SMILES string of the molecule is CC(C)OC(=O)OC(C)OC(=O)[C@H]1C[C@@H]1C(=O)c1ccc(Cl)c(Cl)c1. The van der Waals surface area contributed by atoms with Crippen LogP contribution in [-0.2, 0) is 19.0 Å². The summed E-state index contributed by atoms with van der Waals surface area (Å²) in [6.07, 6.45) is -1.98. The van der Waals surface area contributed by atoms with E-state index in [-0.39, 0.29) is 16.9 Å². The first kappa shape index (κ1) is 19.5. The maximum absolute atomic E-state index is 12.4. The number of ether oxygens (including phenoxy) is 3. The van der Waals surface area contributed by atoms with E-state index >= 15 is 0 Å². The summed E-state index contributed by atoms with van der Waals surface area (Å²) in [5.74, 6) is -1.83. The molecule has 3 atom stereocenters. The molecular formula is C17H18Cl2O6. The molecule has 0 amide bonds. The summed E-state index contributed by atoms with van der Waals surface area (Å²) in [6, 6.07) is 4.56. The van der Waals surface area contributed by atoms with E-state index in [1.807, 2.05) is 0 Å². The van der Waals surface area contributed by atoms with Crippen LogP contribution in [0.5, 0.6) is 0 Å². The van der Waals surface area contributed by atoms with E-state index in [0.717, 1.165) is 0 Å². The largest absolute Gasteiger partial charge is 0.511 e.